The SMILES string of the molecule is O=C(Nc1ccc(Nc2cc(N3CCCC3)cnn2)cc1)C1CCCO1. The van der Waals surface area contributed by atoms with Crippen molar-refractivity contribution in [2.24, 2.45) is 0 Å². The molecule has 0 spiro atoms. The van der Waals surface area contributed by atoms with Crippen LogP contribution in [0.4, 0.5) is 22.9 Å². The van der Waals surface area contributed by atoms with Crippen molar-refractivity contribution >= 4 is 28.8 Å². The quantitative estimate of drug-likeness (QED) is 0.860. The van der Waals surface area contributed by atoms with Gasteiger partial charge in [-0.05, 0) is 49.9 Å². The average molecular weight is 353 g/mol. The van der Waals surface area contributed by atoms with E-state index in [-0.39, 0.29) is 12.0 Å². The van der Waals surface area contributed by atoms with E-state index in [4.69, 9.17) is 4.74 Å². The standard InChI is InChI=1S/C19H23N5O2/c25-19(17-4-3-11-26-17)22-15-7-5-14(6-8-15)21-18-12-16(13-20-23-18)24-9-1-2-10-24/h5-8,12-13,17H,1-4,9-11H2,(H,21,23)(H,22,25). The maximum atomic E-state index is 12.1. The molecule has 0 bridgehead atoms. The molecule has 26 heavy (non-hydrogen) atoms. The number of carbonyl (C=O) groups excluding carboxylic acids is 1. The summed E-state index contributed by atoms with van der Waals surface area (Å²) in [4.78, 5) is 14.4. The predicted molar refractivity (Wildman–Crippen MR) is 101 cm³/mol. The van der Waals surface area contributed by atoms with E-state index in [1.54, 1.807) is 6.20 Å². The molecule has 136 valence electrons. The lowest BCUT2D eigenvalue weighted by molar-refractivity contribution is -0.124. The fraction of sp³-hybridized carbons (Fsp3) is 0.421. The van der Waals surface area contributed by atoms with Crippen molar-refractivity contribution in [2.45, 2.75) is 31.8 Å². The van der Waals surface area contributed by atoms with Gasteiger partial charge in [-0.2, -0.15) is 5.10 Å². The highest BCUT2D eigenvalue weighted by atomic mass is 16.5. The second-order valence-corrected chi connectivity index (χ2v) is 6.69. The van der Waals surface area contributed by atoms with Gasteiger partial charge in [0.05, 0.1) is 11.9 Å². The highest BCUT2D eigenvalue weighted by Crippen LogP contribution is 2.23. The van der Waals surface area contributed by atoms with E-state index in [1.807, 2.05) is 30.3 Å². The Morgan fingerprint density at radius 3 is 2.62 bits per heavy atom. The molecule has 0 aliphatic carbocycles. The lowest BCUT2D eigenvalue weighted by atomic mass is 10.2. The molecule has 2 aliphatic heterocycles. The lowest BCUT2D eigenvalue weighted by Gasteiger charge is -2.17. The molecule has 7 heteroatoms. The molecule has 1 atom stereocenters. The smallest absolute Gasteiger partial charge is 0.253 e. The first-order valence-corrected chi connectivity index (χ1v) is 9.15. The molecular weight excluding hydrogens is 330 g/mol. The number of hydrogen-bond acceptors (Lipinski definition) is 6. The molecule has 1 unspecified atom stereocenters. The third-order valence-electron chi connectivity index (χ3n) is 4.76. The molecule has 2 aromatic rings. The summed E-state index contributed by atoms with van der Waals surface area (Å²) in [5.74, 6) is 0.637. The minimum Gasteiger partial charge on any atom is -0.370 e. The molecule has 2 fully saturated rings. The van der Waals surface area contributed by atoms with Gasteiger partial charge in [0.25, 0.3) is 5.91 Å². The average Bonchev–Trinajstić information content (AvgIpc) is 3.38. The zero-order chi connectivity index (χ0) is 17.8. The van der Waals surface area contributed by atoms with E-state index in [1.165, 1.54) is 12.8 Å². The van der Waals surface area contributed by atoms with Crippen molar-refractivity contribution < 1.29 is 9.53 Å². The fourth-order valence-corrected chi connectivity index (χ4v) is 3.36. The summed E-state index contributed by atoms with van der Waals surface area (Å²) in [5, 5.41) is 14.4. The third-order valence-corrected chi connectivity index (χ3v) is 4.76. The Labute approximate surface area is 152 Å². The Kier molecular flexibility index (Phi) is 4.97. The summed E-state index contributed by atoms with van der Waals surface area (Å²) < 4.78 is 5.40. The van der Waals surface area contributed by atoms with Gasteiger partial charge in [0.1, 0.15) is 6.10 Å². The number of hydrogen-bond donors (Lipinski definition) is 2. The number of aromatic nitrogens is 2. The second kappa shape index (κ2) is 7.70. The summed E-state index contributed by atoms with van der Waals surface area (Å²) in [7, 11) is 0. The third kappa shape index (κ3) is 3.94. The summed E-state index contributed by atoms with van der Waals surface area (Å²) in [5.41, 5.74) is 2.75. The van der Waals surface area contributed by atoms with Crippen LogP contribution in [0.5, 0.6) is 0 Å². The highest BCUT2D eigenvalue weighted by Gasteiger charge is 2.23. The highest BCUT2D eigenvalue weighted by molar-refractivity contribution is 5.94. The Hall–Kier alpha value is -2.67. The van der Waals surface area contributed by atoms with E-state index in [2.05, 4.69) is 25.7 Å². The van der Waals surface area contributed by atoms with Gasteiger partial charge in [0, 0.05) is 37.1 Å². The van der Waals surface area contributed by atoms with Crippen LogP contribution in [0.15, 0.2) is 36.5 Å². The maximum absolute atomic E-state index is 12.1. The molecule has 7 nitrogen and oxygen atoms in total. The first-order chi connectivity index (χ1) is 12.8. The topological polar surface area (TPSA) is 79.4 Å². The molecule has 0 saturated carbocycles. The number of nitrogens with one attached hydrogen (secondary N) is 2. The van der Waals surface area contributed by atoms with Crippen LogP contribution >= 0.6 is 0 Å². The van der Waals surface area contributed by atoms with Crippen LogP contribution in [0.25, 0.3) is 0 Å². The van der Waals surface area contributed by atoms with Gasteiger partial charge < -0.3 is 20.3 Å². The van der Waals surface area contributed by atoms with E-state index in [9.17, 15) is 4.79 Å². The fourth-order valence-electron chi connectivity index (χ4n) is 3.36. The summed E-state index contributed by atoms with van der Waals surface area (Å²) >= 11 is 0. The van der Waals surface area contributed by atoms with E-state index in [0.29, 0.717) is 12.4 Å². The Morgan fingerprint density at radius 1 is 1.12 bits per heavy atom. The maximum Gasteiger partial charge on any atom is 0.253 e. The number of anilines is 4. The molecule has 2 saturated heterocycles. The molecule has 2 N–H and O–H groups in total. The molecule has 1 amide bonds. The first-order valence-electron chi connectivity index (χ1n) is 9.15. The van der Waals surface area contributed by atoms with Crippen molar-refractivity contribution in [1.82, 2.24) is 10.2 Å². The van der Waals surface area contributed by atoms with Crippen molar-refractivity contribution in [3.63, 3.8) is 0 Å². The normalized spacial score (nSPS) is 19.5. The summed E-state index contributed by atoms with van der Waals surface area (Å²) in [6, 6.07) is 9.58. The van der Waals surface area contributed by atoms with Crippen LogP contribution in [0.3, 0.4) is 0 Å². The minimum atomic E-state index is -0.323. The molecule has 1 aromatic carbocycles. The van der Waals surface area contributed by atoms with Crippen LogP contribution in [-0.2, 0) is 9.53 Å². The van der Waals surface area contributed by atoms with Crippen molar-refractivity contribution in [3.05, 3.63) is 36.5 Å². The zero-order valence-electron chi connectivity index (χ0n) is 14.6. The Morgan fingerprint density at radius 2 is 1.88 bits per heavy atom. The Bertz CT molecular complexity index is 753. The predicted octanol–water partition coefficient (Wildman–Crippen LogP) is 2.94. The van der Waals surface area contributed by atoms with Crippen LogP contribution in [0.2, 0.25) is 0 Å². The monoisotopic (exact) mass is 353 g/mol. The van der Waals surface area contributed by atoms with Crippen molar-refractivity contribution in [1.29, 1.82) is 0 Å². The van der Waals surface area contributed by atoms with Gasteiger partial charge in [-0.15, -0.1) is 5.10 Å². The van der Waals surface area contributed by atoms with Gasteiger partial charge in [0.2, 0.25) is 0 Å². The largest absolute Gasteiger partial charge is 0.370 e. The second-order valence-electron chi connectivity index (χ2n) is 6.69. The number of benzene rings is 1. The van der Waals surface area contributed by atoms with Crippen LogP contribution in [0, 0.1) is 0 Å². The molecule has 0 radical (unpaired) electrons. The Balaban J connectivity index is 1.38. The number of ether oxygens (including phenoxy) is 1. The summed E-state index contributed by atoms with van der Waals surface area (Å²) in [6.45, 7) is 2.81. The molecule has 1 aromatic heterocycles. The van der Waals surface area contributed by atoms with Gasteiger partial charge in [-0.1, -0.05) is 0 Å². The van der Waals surface area contributed by atoms with E-state index >= 15 is 0 Å². The summed E-state index contributed by atoms with van der Waals surface area (Å²) in [6.07, 6.45) is 5.67. The molecule has 4 rings (SSSR count). The van der Waals surface area contributed by atoms with Gasteiger partial charge in [0.15, 0.2) is 5.82 Å². The molecular formula is C19H23N5O2. The lowest BCUT2D eigenvalue weighted by Crippen LogP contribution is -2.26. The van der Waals surface area contributed by atoms with Gasteiger partial charge >= 0.3 is 0 Å². The van der Waals surface area contributed by atoms with Crippen LogP contribution in [0.1, 0.15) is 25.7 Å². The van der Waals surface area contributed by atoms with Gasteiger partial charge in [-0.25, -0.2) is 0 Å². The molecule has 2 aliphatic rings. The molecule has 3 heterocycles. The number of nitrogens with zero attached hydrogens (tertiary/aromatic N) is 3. The number of rotatable bonds is 5. The van der Waals surface area contributed by atoms with E-state index < -0.39 is 0 Å². The zero-order valence-corrected chi connectivity index (χ0v) is 14.6. The van der Waals surface area contributed by atoms with E-state index in [0.717, 1.165) is 43.0 Å². The van der Waals surface area contributed by atoms with Crippen LogP contribution < -0.4 is 15.5 Å². The van der Waals surface area contributed by atoms with Crippen LogP contribution in [-0.4, -0.2) is 41.9 Å². The first kappa shape index (κ1) is 16.8. The number of amides is 1. The number of carbonyl (C=O) groups is 1. The van der Waals surface area contributed by atoms with Crippen molar-refractivity contribution in [3.8, 4) is 0 Å². The van der Waals surface area contributed by atoms with Gasteiger partial charge in [-0.3, -0.25) is 4.79 Å². The van der Waals surface area contributed by atoms with Crippen molar-refractivity contribution in [2.75, 3.05) is 35.2 Å². The minimum absolute atomic E-state index is 0.0765.